The average molecular weight is 353 g/mol. The molecule has 1 aromatic rings. The molecule has 0 radical (unpaired) electrons. The van der Waals surface area contributed by atoms with Gasteiger partial charge in [0.1, 0.15) is 0 Å². The lowest BCUT2D eigenvalue weighted by Crippen LogP contribution is -2.52. The quantitative estimate of drug-likeness (QED) is 0.871. The summed E-state index contributed by atoms with van der Waals surface area (Å²) in [5, 5.41) is 6.50. The van der Waals surface area contributed by atoms with E-state index in [9.17, 15) is 9.59 Å². The summed E-state index contributed by atoms with van der Waals surface area (Å²) in [6.45, 7) is 1.37. The van der Waals surface area contributed by atoms with Crippen LogP contribution < -0.4 is 10.6 Å². The number of carbonyl (C=O) groups is 2. The molecule has 1 heterocycles. The first-order chi connectivity index (χ1) is 9.47. The first kappa shape index (κ1) is 18.0. The zero-order chi connectivity index (χ0) is 14.7. The van der Waals surface area contributed by atoms with Gasteiger partial charge in [-0.3, -0.25) is 9.59 Å². The van der Waals surface area contributed by atoms with Gasteiger partial charge >= 0.3 is 0 Å². The molecular formula is C13H16Cl3N3O2. The molecule has 2 amide bonds. The largest absolute Gasteiger partial charge is 0.336 e. The van der Waals surface area contributed by atoms with Crippen LogP contribution in [0.5, 0.6) is 0 Å². The lowest BCUT2D eigenvalue weighted by atomic mass is 10.0. The number of nitrogens with one attached hydrogen (secondary N) is 2. The Morgan fingerprint density at radius 1 is 1.33 bits per heavy atom. The maximum absolute atomic E-state index is 11.9. The van der Waals surface area contributed by atoms with Crippen molar-refractivity contribution in [3.05, 3.63) is 28.2 Å². The number of nitrogens with zero attached hydrogens (tertiary/aromatic N) is 1. The molecule has 1 fully saturated rings. The molecule has 0 saturated carbocycles. The minimum absolute atomic E-state index is 0. The lowest BCUT2D eigenvalue weighted by molar-refractivity contribution is -0.138. The second kappa shape index (κ2) is 7.84. The van der Waals surface area contributed by atoms with Crippen LogP contribution in [0.4, 0.5) is 5.69 Å². The Balaban J connectivity index is 0.00000220. The Morgan fingerprint density at radius 3 is 2.52 bits per heavy atom. The number of likely N-dealkylation sites (N-methyl/N-ethyl adjacent to an activating group) is 1. The van der Waals surface area contributed by atoms with Gasteiger partial charge in [-0.15, -0.1) is 12.4 Å². The molecular weight excluding hydrogens is 337 g/mol. The standard InChI is InChI=1S/C13H15Cl2N3O2.ClH/c1-18(13(20)8-5-16-6-8)7-12(19)17-9-2-3-10(14)11(15)4-9;/h2-4,8,16H,5-7H2,1H3,(H,17,19);1H. The third kappa shape index (κ3) is 4.74. The van der Waals surface area contributed by atoms with Crippen molar-refractivity contribution in [2.75, 3.05) is 32.0 Å². The molecule has 1 aromatic carbocycles. The number of carbonyl (C=O) groups excluding carboxylic acids is 2. The van der Waals surface area contributed by atoms with Gasteiger partial charge in [-0.25, -0.2) is 0 Å². The SMILES string of the molecule is CN(CC(=O)Nc1ccc(Cl)c(Cl)c1)C(=O)C1CNC1.Cl. The smallest absolute Gasteiger partial charge is 0.243 e. The van der Waals surface area contributed by atoms with E-state index in [0.29, 0.717) is 28.8 Å². The number of amides is 2. The molecule has 8 heteroatoms. The first-order valence-electron chi connectivity index (χ1n) is 6.18. The van der Waals surface area contributed by atoms with Crippen molar-refractivity contribution < 1.29 is 9.59 Å². The van der Waals surface area contributed by atoms with E-state index in [1.165, 1.54) is 4.90 Å². The Hall–Kier alpha value is -1.01. The minimum atomic E-state index is -0.272. The highest BCUT2D eigenvalue weighted by Crippen LogP contribution is 2.24. The monoisotopic (exact) mass is 351 g/mol. The van der Waals surface area contributed by atoms with Gasteiger partial charge in [0, 0.05) is 25.8 Å². The van der Waals surface area contributed by atoms with Gasteiger partial charge in [0.15, 0.2) is 0 Å². The summed E-state index contributed by atoms with van der Waals surface area (Å²) in [7, 11) is 1.62. The predicted molar refractivity (Wildman–Crippen MR) is 86.3 cm³/mol. The van der Waals surface area contributed by atoms with Gasteiger partial charge in [-0.2, -0.15) is 0 Å². The summed E-state index contributed by atoms with van der Waals surface area (Å²) in [5.74, 6) is -0.308. The van der Waals surface area contributed by atoms with Gasteiger partial charge in [-0.05, 0) is 18.2 Å². The summed E-state index contributed by atoms with van der Waals surface area (Å²) in [6, 6.07) is 4.83. The van der Waals surface area contributed by atoms with E-state index in [1.54, 1.807) is 25.2 Å². The highest BCUT2D eigenvalue weighted by molar-refractivity contribution is 6.42. The molecule has 0 spiro atoms. The summed E-state index contributed by atoms with van der Waals surface area (Å²) in [5.41, 5.74) is 0.551. The molecule has 0 atom stereocenters. The highest BCUT2D eigenvalue weighted by atomic mass is 35.5. The van der Waals surface area contributed by atoms with Crippen LogP contribution >= 0.6 is 35.6 Å². The second-order valence-electron chi connectivity index (χ2n) is 4.73. The summed E-state index contributed by atoms with van der Waals surface area (Å²) >= 11 is 11.7. The van der Waals surface area contributed by atoms with Crippen LogP contribution in [-0.4, -0.2) is 43.4 Å². The average Bonchev–Trinajstić information content (AvgIpc) is 2.31. The highest BCUT2D eigenvalue weighted by Gasteiger charge is 2.28. The van der Waals surface area contributed by atoms with Crippen molar-refractivity contribution in [3.8, 4) is 0 Å². The summed E-state index contributed by atoms with van der Waals surface area (Å²) < 4.78 is 0. The number of benzene rings is 1. The summed E-state index contributed by atoms with van der Waals surface area (Å²) in [6.07, 6.45) is 0. The number of halogens is 3. The Morgan fingerprint density at radius 2 is 2.00 bits per heavy atom. The van der Waals surface area contributed by atoms with E-state index < -0.39 is 0 Å². The maximum atomic E-state index is 11.9. The fourth-order valence-electron chi connectivity index (χ4n) is 1.84. The third-order valence-electron chi connectivity index (χ3n) is 3.09. The number of hydrogen-bond donors (Lipinski definition) is 2. The first-order valence-corrected chi connectivity index (χ1v) is 6.93. The van der Waals surface area contributed by atoms with Crippen molar-refractivity contribution in [3.63, 3.8) is 0 Å². The van der Waals surface area contributed by atoms with Crippen molar-refractivity contribution >= 4 is 53.1 Å². The van der Waals surface area contributed by atoms with Gasteiger partial charge in [0.05, 0.1) is 22.5 Å². The van der Waals surface area contributed by atoms with Gasteiger partial charge < -0.3 is 15.5 Å². The molecule has 21 heavy (non-hydrogen) atoms. The van der Waals surface area contributed by atoms with Crippen LogP contribution in [0.15, 0.2) is 18.2 Å². The van der Waals surface area contributed by atoms with E-state index in [4.69, 9.17) is 23.2 Å². The molecule has 116 valence electrons. The second-order valence-corrected chi connectivity index (χ2v) is 5.54. The van der Waals surface area contributed by atoms with Crippen molar-refractivity contribution in [2.24, 2.45) is 5.92 Å². The van der Waals surface area contributed by atoms with Crippen LogP contribution in [0.1, 0.15) is 0 Å². The zero-order valence-corrected chi connectivity index (χ0v) is 13.7. The predicted octanol–water partition coefficient (Wildman–Crippen LogP) is 2.03. The fraction of sp³-hybridized carbons (Fsp3) is 0.385. The number of hydrogen-bond acceptors (Lipinski definition) is 3. The Kier molecular flexibility index (Phi) is 6.74. The summed E-state index contributed by atoms with van der Waals surface area (Å²) in [4.78, 5) is 25.2. The van der Waals surface area contributed by atoms with E-state index in [0.717, 1.165) is 0 Å². The molecule has 0 unspecified atom stereocenters. The van der Waals surface area contributed by atoms with Crippen LogP contribution in [0.25, 0.3) is 0 Å². The molecule has 1 saturated heterocycles. The maximum Gasteiger partial charge on any atom is 0.243 e. The van der Waals surface area contributed by atoms with Crippen molar-refractivity contribution in [2.45, 2.75) is 0 Å². The fourth-order valence-corrected chi connectivity index (χ4v) is 2.14. The topological polar surface area (TPSA) is 61.4 Å². The van der Waals surface area contributed by atoms with Crippen LogP contribution in [0.2, 0.25) is 10.0 Å². The van der Waals surface area contributed by atoms with Crippen LogP contribution in [-0.2, 0) is 9.59 Å². The molecule has 1 aliphatic rings. The Bertz CT molecular complexity index is 535. The van der Waals surface area contributed by atoms with E-state index in [-0.39, 0.29) is 36.7 Å². The van der Waals surface area contributed by atoms with Crippen LogP contribution in [0, 0.1) is 5.92 Å². The van der Waals surface area contributed by atoms with E-state index >= 15 is 0 Å². The van der Waals surface area contributed by atoms with Gasteiger partial charge in [-0.1, -0.05) is 23.2 Å². The van der Waals surface area contributed by atoms with Gasteiger partial charge in [0.25, 0.3) is 0 Å². The minimum Gasteiger partial charge on any atom is -0.336 e. The normalized spacial score (nSPS) is 13.9. The molecule has 2 rings (SSSR count). The molecule has 0 aliphatic carbocycles. The number of rotatable bonds is 4. The molecule has 0 bridgehead atoms. The Labute approximate surface area is 139 Å². The molecule has 0 aromatic heterocycles. The third-order valence-corrected chi connectivity index (χ3v) is 3.83. The van der Waals surface area contributed by atoms with E-state index in [1.807, 2.05) is 0 Å². The van der Waals surface area contributed by atoms with Crippen molar-refractivity contribution in [1.82, 2.24) is 10.2 Å². The zero-order valence-electron chi connectivity index (χ0n) is 11.4. The molecule has 5 nitrogen and oxygen atoms in total. The van der Waals surface area contributed by atoms with Crippen LogP contribution in [0.3, 0.4) is 0 Å². The lowest BCUT2D eigenvalue weighted by Gasteiger charge is -2.29. The van der Waals surface area contributed by atoms with E-state index in [2.05, 4.69) is 10.6 Å². The molecule has 2 N–H and O–H groups in total. The number of anilines is 1. The van der Waals surface area contributed by atoms with Gasteiger partial charge in [0.2, 0.25) is 11.8 Å². The molecule has 1 aliphatic heterocycles. The van der Waals surface area contributed by atoms with Crippen molar-refractivity contribution in [1.29, 1.82) is 0 Å².